The number of rotatable bonds is 1. The Labute approximate surface area is 113 Å². The lowest BCUT2D eigenvalue weighted by atomic mass is 9.97. The number of fused-ring (bicyclic) bond motifs is 1. The van der Waals surface area contributed by atoms with Gasteiger partial charge >= 0.3 is 0 Å². The van der Waals surface area contributed by atoms with E-state index in [0.717, 1.165) is 16.9 Å². The summed E-state index contributed by atoms with van der Waals surface area (Å²) in [6.45, 7) is 4.14. The van der Waals surface area contributed by atoms with Crippen molar-refractivity contribution in [3.05, 3.63) is 53.7 Å². The Morgan fingerprint density at radius 3 is 2.47 bits per heavy atom. The summed E-state index contributed by atoms with van der Waals surface area (Å²) in [6.07, 6.45) is 1.97. The predicted molar refractivity (Wildman–Crippen MR) is 81.4 cm³/mol. The summed E-state index contributed by atoms with van der Waals surface area (Å²) in [4.78, 5) is 0. The van der Waals surface area contributed by atoms with E-state index in [2.05, 4.69) is 48.1 Å². The number of nitrogens with one attached hydrogen (secondary N) is 2. The van der Waals surface area contributed by atoms with Gasteiger partial charge < -0.3 is 16.6 Å². The van der Waals surface area contributed by atoms with Gasteiger partial charge in [-0.2, -0.15) is 0 Å². The SMILES string of the molecule is CC1=CNNc2ccc(-c3ccc(N)c(C)c3)cc21. The van der Waals surface area contributed by atoms with Gasteiger partial charge in [-0.25, -0.2) is 0 Å². The van der Waals surface area contributed by atoms with Gasteiger partial charge in [0, 0.05) is 17.5 Å². The molecule has 2 aromatic rings. The van der Waals surface area contributed by atoms with Crippen molar-refractivity contribution in [2.24, 2.45) is 0 Å². The Bertz CT molecular complexity index is 672. The zero-order chi connectivity index (χ0) is 13.4. The zero-order valence-corrected chi connectivity index (χ0v) is 11.1. The average molecular weight is 251 g/mol. The Morgan fingerprint density at radius 1 is 0.947 bits per heavy atom. The molecule has 19 heavy (non-hydrogen) atoms. The first-order valence-electron chi connectivity index (χ1n) is 6.34. The summed E-state index contributed by atoms with van der Waals surface area (Å²) in [5.74, 6) is 0. The van der Waals surface area contributed by atoms with E-state index in [4.69, 9.17) is 5.73 Å². The molecular formula is C16H17N3. The molecule has 0 amide bonds. The molecule has 0 saturated carbocycles. The Kier molecular flexibility index (Phi) is 2.67. The summed E-state index contributed by atoms with van der Waals surface area (Å²) in [6, 6.07) is 12.6. The predicted octanol–water partition coefficient (Wildman–Crippen LogP) is 3.54. The van der Waals surface area contributed by atoms with Crippen LogP contribution in [0.25, 0.3) is 16.7 Å². The van der Waals surface area contributed by atoms with Gasteiger partial charge in [0.15, 0.2) is 0 Å². The van der Waals surface area contributed by atoms with Crippen LogP contribution in [0.5, 0.6) is 0 Å². The van der Waals surface area contributed by atoms with Gasteiger partial charge in [-0.1, -0.05) is 12.1 Å². The second-order valence-electron chi connectivity index (χ2n) is 4.93. The van der Waals surface area contributed by atoms with Crippen LogP contribution in [0.1, 0.15) is 18.1 Å². The van der Waals surface area contributed by atoms with E-state index < -0.39 is 0 Å². The zero-order valence-electron chi connectivity index (χ0n) is 11.1. The van der Waals surface area contributed by atoms with Crippen LogP contribution in [-0.2, 0) is 0 Å². The number of nitrogens with two attached hydrogens (primary N) is 1. The van der Waals surface area contributed by atoms with E-state index in [9.17, 15) is 0 Å². The van der Waals surface area contributed by atoms with E-state index in [1.807, 2.05) is 19.2 Å². The van der Waals surface area contributed by atoms with Crippen LogP contribution in [0, 0.1) is 6.92 Å². The standard InChI is InChI=1S/C16H17N3/c1-10-7-12(3-5-15(10)17)13-4-6-16-14(8-13)11(2)9-18-19-16/h3-9,18-19H,17H2,1-2H3. The molecule has 0 aliphatic carbocycles. The fourth-order valence-electron chi connectivity index (χ4n) is 2.31. The summed E-state index contributed by atoms with van der Waals surface area (Å²) in [5, 5.41) is 0. The van der Waals surface area contributed by atoms with Crippen LogP contribution in [-0.4, -0.2) is 0 Å². The highest BCUT2D eigenvalue weighted by molar-refractivity contribution is 5.82. The molecule has 0 saturated heterocycles. The molecule has 1 aliphatic rings. The molecular weight excluding hydrogens is 234 g/mol. The molecule has 3 rings (SSSR count). The average Bonchev–Trinajstić information content (AvgIpc) is 2.42. The van der Waals surface area contributed by atoms with Crippen molar-refractivity contribution in [2.75, 3.05) is 11.2 Å². The number of hydrogen-bond acceptors (Lipinski definition) is 3. The molecule has 1 aliphatic heterocycles. The highest BCUT2D eigenvalue weighted by Crippen LogP contribution is 2.31. The monoisotopic (exact) mass is 251 g/mol. The minimum Gasteiger partial charge on any atom is -0.399 e. The fourth-order valence-corrected chi connectivity index (χ4v) is 2.31. The van der Waals surface area contributed by atoms with Crippen molar-refractivity contribution in [2.45, 2.75) is 13.8 Å². The normalized spacial score (nSPS) is 13.1. The van der Waals surface area contributed by atoms with Gasteiger partial charge in [-0.3, -0.25) is 0 Å². The van der Waals surface area contributed by atoms with Gasteiger partial charge in [0.05, 0.1) is 5.69 Å². The lowest BCUT2D eigenvalue weighted by molar-refractivity contribution is 1.04. The van der Waals surface area contributed by atoms with Gasteiger partial charge in [0.25, 0.3) is 0 Å². The van der Waals surface area contributed by atoms with Crippen molar-refractivity contribution in [1.82, 2.24) is 5.43 Å². The quantitative estimate of drug-likeness (QED) is 0.679. The largest absolute Gasteiger partial charge is 0.399 e. The number of hydrazine groups is 1. The Hall–Kier alpha value is -2.42. The molecule has 0 fully saturated rings. The maximum absolute atomic E-state index is 5.87. The minimum absolute atomic E-state index is 0.837. The van der Waals surface area contributed by atoms with Gasteiger partial charge in [-0.05, 0) is 60.4 Å². The van der Waals surface area contributed by atoms with Crippen LogP contribution < -0.4 is 16.6 Å². The molecule has 0 radical (unpaired) electrons. The minimum atomic E-state index is 0.837. The molecule has 96 valence electrons. The molecule has 0 bridgehead atoms. The van der Waals surface area contributed by atoms with E-state index >= 15 is 0 Å². The maximum atomic E-state index is 5.87. The third-order valence-corrected chi connectivity index (χ3v) is 3.54. The number of nitrogen functional groups attached to an aromatic ring is 1. The first kappa shape index (κ1) is 11.7. The van der Waals surface area contributed by atoms with Crippen molar-refractivity contribution < 1.29 is 0 Å². The van der Waals surface area contributed by atoms with E-state index in [1.54, 1.807) is 0 Å². The third kappa shape index (κ3) is 2.03. The topological polar surface area (TPSA) is 50.1 Å². The molecule has 0 aromatic heterocycles. The van der Waals surface area contributed by atoms with Crippen LogP contribution in [0.15, 0.2) is 42.6 Å². The van der Waals surface area contributed by atoms with E-state index in [0.29, 0.717) is 0 Å². The van der Waals surface area contributed by atoms with Gasteiger partial charge in [0.1, 0.15) is 0 Å². The molecule has 0 atom stereocenters. The lowest BCUT2D eigenvalue weighted by Gasteiger charge is -2.19. The fraction of sp³-hybridized carbons (Fsp3) is 0.125. The molecule has 2 aromatic carbocycles. The number of allylic oxidation sites excluding steroid dienone is 1. The van der Waals surface area contributed by atoms with Crippen molar-refractivity contribution in [1.29, 1.82) is 0 Å². The lowest BCUT2D eigenvalue weighted by Crippen LogP contribution is -2.19. The van der Waals surface area contributed by atoms with E-state index in [1.165, 1.54) is 22.3 Å². The number of anilines is 2. The molecule has 3 nitrogen and oxygen atoms in total. The Balaban J connectivity index is 2.09. The molecule has 0 unspecified atom stereocenters. The smallest absolute Gasteiger partial charge is 0.0615 e. The number of benzene rings is 2. The van der Waals surface area contributed by atoms with Crippen molar-refractivity contribution in [3.63, 3.8) is 0 Å². The van der Waals surface area contributed by atoms with Crippen molar-refractivity contribution in [3.8, 4) is 11.1 Å². The molecule has 3 heteroatoms. The summed E-state index contributed by atoms with van der Waals surface area (Å²) < 4.78 is 0. The van der Waals surface area contributed by atoms with E-state index in [-0.39, 0.29) is 0 Å². The van der Waals surface area contributed by atoms with Crippen molar-refractivity contribution >= 4 is 16.9 Å². The van der Waals surface area contributed by atoms with Crippen LogP contribution in [0.4, 0.5) is 11.4 Å². The van der Waals surface area contributed by atoms with Crippen LogP contribution >= 0.6 is 0 Å². The molecule has 0 spiro atoms. The highest BCUT2D eigenvalue weighted by atomic mass is 15.3. The first-order valence-corrected chi connectivity index (χ1v) is 6.34. The van der Waals surface area contributed by atoms with Crippen LogP contribution in [0.2, 0.25) is 0 Å². The highest BCUT2D eigenvalue weighted by Gasteiger charge is 2.10. The second kappa shape index (κ2) is 4.35. The molecule has 4 N–H and O–H groups in total. The van der Waals surface area contributed by atoms with Crippen LogP contribution in [0.3, 0.4) is 0 Å². The first-order chi connectivity index (χ1) is 9.15. The molecule has 1 heterocycles. The maximum Gasteiger partial charge on any atom is 0.0615 e. The third-order valence-electron chi connectivity index (χ3n) is 3.54. The van der Waals surface area contributed by atoms with Gasteiger partial charge in [-0.15, -0.1) is 0 Å². The number of hydrogen-bond donors (Lipinski definition) is 3. The summed E-state index contributed by atoms with van der Waals surface area (Å²) in [5.41, 5.74) is 20.0. The summed E-state index contributed by atoms with van der Waals surface area (Å²) >= 11 is 0. The Morgan fingerprint density at radius 2 is 1.68 bits per heavy atom. The van der Waals surface area contributed by atoms with Gasteiger partial charge in [0.2, 0.25) is 0 Å². The number of aryl methyl sites for hydroxylation is 1. The summed E-state index contributed by atoms with van der Waals surface area (Å²) in [7, 11) is 0. The second-order valence-corrected chi connectivity index (χ2v) is 4.93.